The van der Waals surface area contributed by atoms with Gasteiger partial charge in [0.2, 0.25) is 0 Å². The lowest BCUT2D eigenvalue weighted by Gasteiger charge is -2.30. The van der Waals surface area contributed by atoms with Gasteiger partial charge >= 0.3 is 5.97 Å². The Kier molecular flexibility index (Phi) is 4.64. The van der Waals surface area contributed by atoms with Crippen molar-refractivity contribution in [1.82, 2.24) is 4.90 Å². The maximum Gasteiger partial charge on any atom is 0.308 e. The average molecular weight is 368 g/mol. The Morgan fingerprint density at radius 1 is 1.26 bits per heavy atom. The molecule has 2 unspecified atom stereocenters. The molecule has 6 nitrogen and oxygen atoms in total. The standard InChI is InChI=1S/C21H24N2O4/c1-14-11-15-5-2-3-7-18(15)23(14)13-16-8-10-27-19(16)20(24)22-9-4-6-17(12-22)21(25)26/h2-3,5,7-8,10,14,17H,4,6,9,11-13H2,1H3,(H,25,26). The summed E-state index contributed by atoms with van der Waals surface area (Å²) >= 11 is 0. The number of amides is 1. The third-order valence-electron chi connectivity index (χ3n) is 5.69. The molecule has 27 heavy (non-hydrogen) atoms. The monoisotopic (exact) mass is 368 g/mol. The van der Waals surface area contributed by atoms with Gasteiger partial charge in [-0.1, -0.05) is 18.2 Å². The van der Waals surface area contributed by atoms with E-state index in [2.05, 4.69) is 30.0 Å². The van der Waals surface area contributed by atoms with Gasteiger partial charge in [0.15, 0.2) is 5.76 Å². The van der Waals surface area contributed by atoms with E-state index in [1.54, 1.807) is 11.2 Å². The zero-order valence-corrected chi connectivity index (χ0v) is 15.4. The predicted octanol–water partition coefficient (Wildman–Crippen LogP) is 3.17. The van der Waals surface area contributed by atoms with Crippen molar-refractivity contribution in [3.8, 4) is 0 Å². The number of piperidine rings is 1. The first-order chi connectivity index (χ1) is 13.0. The Bertz CT molecular complexity index is 859. The number of furan rings is 1. The van der Waals surface area contributed by atoms with Crippen molar-refractivity contribution in [1.29, 1.82) is 0 Å². The predicted molar refractivity (Wildman–Crippen MR) is 101 cm³/mol. The molecule has 6 heteroatoms. The SMILES string of the molecule is CC1Cc2ccccc2N1Cc1ccoc1C(=O)N1CCCC(C(=O)O)C1. The number of benzene rings is 1. The van der Waals surface area contributed by atoms with Crippen molar-refractivity contribution in [3.63, 3.8) is 0 Å². The van der Waals surface area contributed by atoms with Crippen LogP contribution in [0.25, 0.3) is 0 Å². The van der Waals surface area contributed by atoms with Crippen LogP contribution < -0.4 is 4.90 Å². The molecule has 1 N–H and O–H groups in total. The highest BCUT2D eigenvalue weighted by molar-refractivity contribution is 5.93. The first-order valence-corrected chi connectivity index (χ1v) is 9.47. The largest absolute Gasteiger partial charge is 0.481 e. The van der Waals surface area contributed by atoms with Gasteiger partial charge in [-0.15, -0.1) is 0 Å². The van der Waals surface area contributed by atoms with Crippen molar-refractivity contribution in [2.75, 3.05) is 18.0 Å². The minimum atomic E-state index is -0.838. The molecule has 0 spiro atoms. The number of aliphatic carboxylic acids is 1. The number of carboxylic acid groups (broad SMARTS) is 1. The summed E-state index contributed by atoms with van der Waals surface area (Å²) in [5.41, 5.74) is 3.37. The Labute approximate surface area is 158 Å². The van der Waals surface area contributed by atoms with Crippen LogP contribution in [0.2, 0.25) is 0 Å². The summed E-state index contributed by atoms with van der Waals surface area (Å²) in [5.74, 6) is -1.21. The smallest absolute Gasteiger partial charge is 0.308 e. The number of likely N-dealkylation sites (tertiary alicyclic amines) is 1. The van der Waals surface area contributed by atoms with Crippen LogP contribution in [0, 0.1) is 5.92 Å². The zero-order valence-electron chi connectivity index (χ0n) is 15.4. The molecule has 0 aliphatic carbocycles. The van der Waals surface area contributed by atoms with Gasteiger partial charge in [0, 0.05) is 36.9 Å². The van der Waals surface area contributed by atoms with Crippen molar-refractivity contribution >= 4 is 17.6 Å². The number of para-hydroxylation sites is 1. The van der Waals surface area contributed by atoms with Crippen LogP contribution in [0.4, 0.5) is 5.69 Å². The Hall–Kier alpha value is -2.76. The van der Waals surface area contributed by atoms with Gasteiger partial charge in [0.1, 0.15) is 0 Å². The van der Waals surface area contributed by atoms with Gasteiger partial charge in [0.05, 0.1) is 12.2 Å². The lowest BCUT2D eigenvalue weighted by atomic mass is 9.98. The molecule has 0 bridgehead atoms. The third kappa shape index (κ3) is 3.31. The molecular weight excluding hydrogens is 344 g/mol. The number of carboxylic acids is 1. The second kappa shape index (κ2) is 7.10. The van der Waals surface area contributed by atoms with E-state index in [0.29, 0.717) is 37.7 Å². The molecule has 1 amide bonds. The van der Waals surface area contributed by atoms with E-state index in [1.807, 2.05) is 12.1 Å². The van der Waals surface area contributed by atoms with Crippen LogP contribution in [-0.2, 0) is 17.8 Å². The van der Waals surface area contributed by atoms with Crippen LogP contribution in [0.5, 0.6) is 0 Å². The number of fused-ring (bicyclic) bond motifs is 1. The van der Waals surface area contributed by atoms with E-state index in [-0.39, 0.29) is 12.5 Å². The highest BCUT2D eigenvalue weighted by atomic mass is 16.4. The van der Waals surface area contributed by atoms with E-state index >= 15 is 0 Å². The fourth-order valence-corrected chi connectivity index (χ4v) is 4.21. The average Bonchev–Trinajstić information content (AvgIpc) is 3.26. The Morgan fingerprint density at radius 3 is 2.89 bits per heavy atom. The number of hydrogen-bond acceptors (Lipinski definition) is 4. The van der Waals surface area contributed by atoms with Crippen molar-refractivity contribution < 1.29 is 19.1 Å². The number of carbonyl (C=O) groups is 2. The number of nitrogens with zero attached hydrogens (tertiary/aromatic N) is 2. The summed E-state index contributed by atoms with van der Waals surface area (Å²) in [7, 11) is 0. The Morgan fingerprint density at radius 2 is 2.07 bits per heavy atom. The molecule has 1 saturated heterocycles. The fourth-order valence-electron chi connectivity index (χ4n) is 4.21. The van der Waals surface area contributed by atoms with Gasteiger partial charge in [-0.2, -0.15) is 0 Å². The molecule has 4 rings (SSSR count). The summed E-state index contributed by atoms with van der Waals surface area (Å²) in [6, 6.07) is 10.5. The van der Waals surface area contributed by atoms with Crippen molar-refractivity contribution in [2.45, 2.75) is 38.8 Å². The second-order valence-electron chi connectivity index (χ2n) is 7.51. The summed E-state index contributed by atoms with van der Waals surface area (Å²) in [6.07, 6.45) is 3.86. The van der Waals surface area contributed by atoms with Crippen LogP contribution >= 0.6 is 0 Å². The molecule has 0 radical (unpaired) electrons. The Balaban J connectivity index is 1.53. The fraction of sp³-hybridized carbons (Fsp3) is 0.429. The van der Waals surface area contributed by atoms with E-state index in [9.17, 15) is 14.7 Å². The zero-order chi connectivity index (χ0) is 19.0. The topological polar surface area (TPSA) is 74.0 Å². The highest BCUT2D eigenvalue weighted by Crippen LogP contribution is 2.34. The number of hydrogen-bond donors (Lipinski definition) is 1. The van der Waals surface area contributed by atoms with Gasteiger partial charge in [-0.3, -0.25) is 9.59 Å². The molecule has 0 saturated carbocycles. The molecule has 1 aromatic carbocycles. The summed E-state index contributed by atoms with van der Waals surface area (Å²) in [6.45, 7) is 3.61. The van der Waals surface area contributed by atoms with Crippen LogP contribution in [0.1, 0.15) is 41.4 Å². The second-order valence-corrected chi connectivity index (χ2v) is 7.51. The van der Waals surface area contributed by atoms with E-state index in [1.165, 1.54) is 11.3 Å². The molecule has 3 heterocycles. The number of anilines is 1. The molecule has 1 fully saturated rings. The van der Waals surface area contributed by atoms with Gasteiger partial charge in [-0.25, -0.2) is 0 Å². The minimum Gasteiger partial charge on any atom is -0.481 e. The normalized spacial score (nSPS) is 22.0. The minimum absolute atomic E-state index is 0.207. The molecule has 2 aliphatic rings. The van der Waals surface area contributed by atoms with Gasteiger partial charge in [-0.05, 0) is 43.9 Å². The van der Waals surface area contributed by atoms with E-state index in [4.69, 9.17) is 4.42 Å². The van der Waals surface area contributed by atoms with Crippen molar-refractivity contribution in [3.05, 3.63) is 53.5 Å². The molecule has 1 aromatic heterocycles. The summed E-state index contributed by atoms with van der Waals surface area (Å²) in [4.78, 5) is 28.2. The third-order valence-corrected chi connectivity index (χ3v) is 5.69. The van der Waals surface area contributed by atoms with Gasteiger partial charge < -0.3 is 19.3 Å². The van der Waals surface area contributed by atoms with E-state index < -0.39 is 11.9 Å². The number of rotatable bonds is 4. The highest BCUT2D eigenvalue weighted by Gasteiger charge is 2.32. The van der Waals surface area contributed by atoms with Crippen LogP contribution in [0.3, 0.4) is 0 Å². The lowest BCUT2D eigenvalue weighted by molar-refractivity contribution is -0.143. The summed E-state index contributed by atoms with van der Waals surface area (Å²) < 4.78 is 5.54. The van der Waals surface area contributed by atoms with Crippen molar-refractivity contribution in [2.24, 2.45) is 5.92 Å². The van der Waals surface area contributed by atoms with E-state index in [0.717, 1.165) is 12.0 Å². The maximum atomic E-state index is 13.0. The number of carbonyl (C=O) groups excluding carboxylic acids is 1. The molecular formula is C21H24N2O4. The molecule has 2 aliphatic heterocycles. The lowest BCUT2D eigenvalue weighted by Crippen LogP contribution is -2.42. The molecule has 2 aromatic rings. The summed E-state index contributed by atoms with van der Waals surface area (Å²) in [5, 5.41) is 9.27. The molecule has 2 atom stereocenters. The maximum absolute atomic E-state index is 13.0. The first kappa shape index (κ1) is 17.6. The molecule has 142 valence electrons. The van der Waals surface area contributed by atoms with Crippen LogP contribution in [-0.4, -0.2) is 41.0 Å². The first-order valence-electron chi connectivity index (χ1n) is 9.47. The van der Waals surface area contributed by atoms with Gasteiger partial charge in [0.25, 0.3) is 5.91 Å². The quantitative estimate of drug-likeness (QED) is 0.897. The van der Waals surface area contributed by atoms with Crippen LogP contribution in [0.15, 0.2) is 41.0 Å².